The van der Waals surface area contributed by atoms with Gasteiger partial charge < -0.3 is 9.47 Å². The molecule has 3 nitrogen and oxygen atoms in total. The molecule has 1 aromatic rings. The number of carbonyl (C=O) groups is 1. The van der Waals surface area contributed by atoms with Gasteiger partial charge in [-0.15, -0.1) is 0 Å². The lowest BCUT2D eigenvalue weighted by Crippen LogP contribution is -2.28. The molecule has 0 bridgehead atoms. The smallest absolute Gasteiger partial charge is 0.306 e. The molecule has 0 saturated carbocycles. The highest BCUT2D eigenvalue weighted by Crippen LogP contribution is 2.24. The molecule has 1 aliphatic heterocycles. The topological polar surface area (TPSA) is 35.5 Å². The molecule has 98 valence electrons. The summed E-state index contributed by atoms with van der Waals surface area (Å²) in [7, 11) is 0. The first-order chi connectivity index (χ1) is 8.75. The third-order valence-electron chi connectivity index (χ3n) is 3.53. The third kappa shape index (κ3) is 3.84. The highest BCUT2D eigenvalue weighted by Gasteiger charge is 2.24. The standard InChI is InChI=1S/C15H20O3/c1-12-7-8-17-11-14(12)9-15(16)18-10-13-5-3-2-4-6-13/h2-6,12,14H,7-11H2,1H3. The van der Waals surface area contributed by atoms with Crippen molar-refractivity contribution >= 4 is 5.97 Å². The molecular formula is C15H20O3. The van der Waals surface area contributed by atoms with Gasteiger partial charge in [-0.05, 0) is 23.8 Å². The zero-order chi connectivity index (χ0) is 12.8. The summed E-state index contributed by atoms with van der Waals surface area (Å²) in [6, 6.07) is 9.76. The van der Waals surface area contributed by atoms with Crippen molar-refractivity contribution in [1.29, 1.82) is 0 Å². The monoisotopic (exact) mass is 248 g/mol. The number of hydrogen-bond acceptors (Lipinski definition) is 3. The lowest BCUT2D eigenvalue weighted by Gasteiger charge is -2.27. The van der Waals surface area contributed by atoms with Crippen molar-refractivity contribution in [3.8, 4) is 0 Å². The molecule has 2 atom stereocenters. The van der Waals surface area contributed by atoms with Gasteiger partial charge in [0.05, 0.1) is 13.0 Å². The Hall–Kier alpha value is -1.35. The number of benzene rings is 1. The predicted molar refractivity (Wildman–Crippen MR) is 68.9 cm³/mol. The second-order valence-corrected chi connectivity index (χ2v) is 4.95. The maximum atomic E-state index is 11.8. The first-order valence-electron chi connectivity index (χ1n) is 6.53. The van der Waals surface area contributed by atoms with Crippen LogP contribution in [-0.4, -0.2) is 19.2 Å². The van der Waals surface area contributed by atoms with Crippen molar-refractivity contribution in [2.24, 2.45) is 11.8 Å². The van der Waals surface area contributed by atoms with Crippen molar-refractivity contribution in [2.75, 3.05) is 13.2 Å². The van der Waals surface area contributed by atoms with Crippen molar-refractivity contribution < 1.29 is 14.3 Å². The van der Waals surface area contributed by atoms with Gasteiger partial charge in [-0.2, -0.15) is 0 Å². The quantitative estimate of drug-likeness (QED) is 0.769. The average molecular weight is 248 g/mol. The van der Waals surface area contributed by atoms with E-state index in [1.165, 1.54) is 0 Å². The lowest BCUT2D eigenvalue weighted by molar-refractivity contribution is -0.148. The Bertz CT molecular complexity index is 375. The number of carbonyl (C=O) groups excluding carboxylic acids is 1. The molecule has 1 fully saturated rings. The molecule has 2 rings (SSSR count). The van der Waals surface area contributed by atoms with E-state index in [-0.39, 0.29) is 5.97 Å². The lowest BCUT2D eigenvalue weighted by atomic mass is 9.88. The molecule has 1 saturated heterocycles. The Morgan fingerprint density at radius 1 is 1.39 bits per heavy atom. The molecule has 0 aliphatic carbocycles. The molecule has 1 aliphatic rings. The van der Waals surface area contributed by atoms with Crippen LogP contribution >= 0.6 is 0 Å². The second kappa shape index (κ2) is 6.55. The van der Waals surface area contributed by atoms with Crippen LogP contribution in [0.3, 0.4) is 0 Å². The average Bonchev–Trinajstić information content (AvgIpc) is 2.40. The van der Waals surface area contributed by atoms with Crippen LogP contribution in [0.15, 0.2) is 30.3 Å². The molecular weight excluding hydrogens is 228 g/mol. The van der Waals surface area contributed by atoms with Gasteiger partial charge in [-0.1, -0.05) is 37.3 Å². The van der Waals surface area contributed by atoms with Gasteiger partial charge in [0.25, 0.3) is 0 Å². The minimum Gasteiger partial charge on any atom is -0.461 e. The molecule has 18 heavy (non-hydrogen) atoms. The highest BCUT2D eigenvalue weighted by atomic mass is 16.5. The minimum absolute atomic E-state index is 0.124. The summed E-state index contributed by atoms with van der Waals surface area (Å²) in [5.74, 6) is 0.728. The van der Waals surface area contributed by atoms with Gasteiger partial charge in [0.1, 0.15) is 6.61 Å². The Labute approximate surface area is 108 Å². The summed E-state index contributed by atoms with van der Waals surface area (Å²) in [5, 5.41) is 0. The van der Waals surface area contributed by atoms with Crippen LogP contribution in [-0.2, 0) is 20.9 Å². The summed E-state index contributed by atoms with van der Waals surface area (Å²) in [6.45, 7) is 4.04. The van der Waals surface area contributed by atoms with Gasteiger partial charge in [0, 0.05) is 6.61 Å². The van der Waals surface area contributed by atoms with Crippen LogP contribution < -0.4 is 0 Å². The van der Waals surface area contributed by atoms with Crippen molar-refractivity contribution in [1.82, 2.24) is 0 Å². The predicted octanol–water partition coefficient (Wildman–Crippen LogP) is 2.79. The van der Waals surface area contributed by atoms with E-state index in [1.807, 2.05) is 30.3 Å². The summed E-state index contributed by atoms with van der Waals surface area (Å²) in [4.78, 5) is 11.8. The van der Waals surface area contributed by atoms with Gasteiger partial charge in [-0.3, -0.25) is 4.79 Å². The summed E-state index contributed by atoms with van der Waals surface area (Å²) >= 11 is 0. The van der Waals surface area contributed by atoms with E-state index >= 15 is 0 Å². The SMILES string of the molecule is CC1CCOCC1CC(=O)OCc1ccccc1. The zero-order valence-corrected chi connectivity index (χ0v) is 10.8. The van der Waals surface area contributed by atoms with Gasteiger partial charge in [0.2, 0.25) is 0 Å². The first kappa shape index (κ1) is 13.1. The van der Waals surface area contributed by atoms with Crippen molar-refractivity contribution in [3.05, 3.63) is 35.9 Å². The van der Waals surface area contributed by atoms with Crippen LogP contribution in [0.2, 0.25) is 0 Å². The van der Waals surface area contributed by atoms with Gasteiger partial charge in [0.15, 0.2) is 0 Å². The van der Waals surface area contributed by atoms with Crippen LogP contribution in [0.4, 0.5) is 0 Å². The molecule has 3 heteroatoms. The fourth-order valence-electron chi connectivity index (χ4n) is 2.18. The van der Waals surface area contributed by atoms with E-state index < -0.39 is 0 Å². The van der Waals surface area contributed by atoms with E-state index in [4.69, 9.17) is 9.47 Å². The van der Waals surface area contributed by atoms with E-state index in [2.05, 4.69) is 6.92 Å². The number of esters is 1. The molecule has 0 N–H and O–H groups in total. The van der Waals surface area contributed by atoms with Crippen LogP contribution in [0, 0.1) is 11.8 Å². The minimum atomic E-state index is -0.124. The highest BCUT2D eigenvalue weighted by molar-refractivity contribution is 5.69. The molecule has 2 unspecified atom stereocenters. The largest absolute Gasteiger partial charge is 0.461 e. The fraction of sp³-hybridized carbons (Fsp3) is 0.533. The Morgan fingerprint density at radius 3 is 2.89 bits per heavy atom. The number of rotatable bonds is 4. The van der Waals surface area contributed by atoms with Crippen molar-refractivity contribution in [3.63, 3.8) is 0 Å². The van der Waals surface area contributed by atoms with Gasteiger partial charge >= 0.3 is 5.97 Å². The van der Waals surface area contributed by atoms with E-state index in [0.29, 0.717) is 31.5 Å². The Morgan fingerprint density at radius 2 is 2.17 bits per heavy atom. The Balaban J connectivity index is 1.75. The molecule has 0 aromatic heterocycles. The second-order valence-electron chi connectivity index (χ2n) is 4.95. The Kier molecular flexibility index (Phi) is 4.76. The molecule has 0 amide bonds. The van der Waals surface area contributed by atoms with Gasteiger partial charge in [-0.25, -0.2) is 0 Å². The van der Waals surface area contributed by atoms with Crippen LogP contribution in [0.5, 0.6) is 0 Å². The molecule has 1 aromatic carbocycles. The molecule has 0 spiro atoms. The molecule has 0 radical (unpaired) electrons. The van der Waals surface area contributed by atoms with Crippen molar-refractivity contribution in [2.45, 2.75) is 26.4 Å². The maximum Gasteiger partial charge on any atom is 0.306 e. The van der Waals surface area contributed by atoms with E-state index in [9.17, 15) is 4.79 Å². The zero-order valence-electron chi connectivity index (χ0n) is 10.8. The van der Waals surface area contributed by atoms with E-state index in [1.54, 1.807) is 0 Å². The first-order valence-corrected chi connectivity index (χ1v) is 6.53. The summed E-state index contributed by atoms with van der Waals surface area (Å²) in [5.41, 5.74) is 1.03. The normalized spacial score (nSPS) is 23.6. The maximum absolute atomic E-state index is 11.8. The summed E-state index contributed by atoms with van der Waals surface area (Å²) < 4.78 is 10.7. The molecule has 1 heterocycles. The third-order valence-corrected chi connectivity index (χ3v) is 3.53. The fourth-order valence-corrected chi connectivity index (χ4v) is 2.18. The van der Waals surface area contributed by atoms with E-state index in [0.717, 1.165) is 18.6 Å². The summed E-state index contributed by atoms with van der Waals surface area (Å²) in [6.07, 6.45) is 1.50. The number of ether oxygens (including phenoxy) is 2. The number of hydrogen-bond donors (Lipinski definition) is 0. The van der Waals surface area contributed by atoms with Crippen LogP contribution in [0.1, 0.15) is 25.3 Å². The van der Waals surface area contributed by atoms with Crippen LogP contribution in [0.25, 0.3) is 0 Å².